The Morgan fingerprint density at radius 1 is 0.902 bits per heavy atom. The average Bonchev–Trinajstić information content (AvgIpc) is 3.43. The number of rotatable bonds is 4. The van der Waals surface area contributed by atoms with E-state index in [1.807, 2.05) is 23.1 Å². The number of ether oxygens (including phenoxy) is 1. The van der Waals surface area contributed by atoms with Gasteiger partial charge in [-0.2, -0.15) is 0 Å². The topological polar surface area (TPSA) is 63.7 Å². The van der Waals surface area contributed by atoms with E-state index in [0.717, 1.165) is 5.56 Å². The van der Waals surface area contributed by atoms with Crippen LogP contribution in [0.4, 0.5) is 10.1 Å². The van der Waals surface area contributed by atoms with E-state index in [0.29, 0.717) is 38.7 Å². The molecule has 202 valence electrons. The van der Waals surface area contributed by atoms with Crippen LogP contribution in [0.15, 0.2) is 97.1 Å². The summed E-state index contributed by atoms with van der Waals surface area (Å²) in [5.41, 5.74) is 1.35. The van der Waals surface area contributed by atoms with E-state index in [4.69, 9.17) is 16.3 Å². The summed E-state index contributed by atoms with van der Waals surface area (Å²) in [6.07, 6.45) is 3.68. The summed E-state index contributed by atoms with van der Waals surface area (Å²) >= 11 is 6.34. The molecule has 1 unspecified atom stereocenters. The number of benzene rings is 4. The second-order valence-electron chi connectivity index (χ2n) is 10.6. The van der Waals surface area contributed by atoms with Gasteiger partial charge >= 0.3 is 0 Å². The van der Waals surface area contributed by atoms with Gasteiger partial charge in [0.1, 0.15) is 23.0 Å². The number of ketones is 3. The highest BCUT2D eigenvalue weighted by Gasteiger charge is 2.71. The van der Waals surface area contributed by atoms with Crippen molar-refractivity contribution >= 4 is 40.7 Å². The molecule has 3 aliphatic rings. The Kier molecular flexibility index (Phi) is 5.73. The van der Waals surface area contributed by atoms with Crippen LogP contribution in [0.5, 0.6) is 5.75 Å². The number of methoxy groups -OCH3 is 1. The monoisotopic (exact) mass is 563 g/mol. The van der Waals surface area contributed by atoms with Crippen LogP contribution in [0.3, 0.4) is 0 Å². The van der Waals surface area contributed by atoms with Crippen LogP contribution in [0.2, 0.25) is 5.02 Å². The van der Waals surface area contributed by atoms with Crippen molar-refractivity contribution in [2.24, 2.45) is 5.41 Å². The Morgan fingerprint density at radius 2 is 1.61 bits per heavy atom. The molecule has 0 bridgehead atoms. The second-order valence-corrected chi connectivity index (χ2v) is 11.0. The van der Waals surface area contributed by atoms with E-state index in [2.05, 4.69) is 0 Å². The van der Waals surface area contributed by atoms with E-state index >= 15 is 0 Å². The van der Waals surface area contributed by atoms with E-state index in [1.165, 1.54) is 19.2 Å². The Balaban J connectivity index is 1.54. The maximum absolute atomic E-state index is 14.7. The van der Waals surface area contributed by atoms with E-state index in [-0.39, 0.29) is 17.3 Å². The van der Waals surface area contributed by atoms with Crippen LogP contribution in [0.25, 0.3) is 6.08 Å². The number of Topliss-reactive ketones (excluding diaryl/α,β-unsaturated/α-hetero) is 3. The summed E-state index contributed by atoms with van der Waals surface area (Å²) in [7, 11) is 1.52. The third-order valence-electron chi connectivity index (χ3n) is 8.62. The second kappa shape index (κ2) is 9.25. The van der Waals surface area contributed by atoms with Crippen molar-refractivity contribution in [3.8, 4) is 5.75 Å². The molecular formula is C34H23ClFNO4. The molecule has 7 heteroatoms. The Labute approximate surface area is 240 Å². The lowest BCUT2D eigenvalue weighted by Crippen LogP contribution is -2.48. The van der Waals surface area contributed by atoms with Crippen molar-refractivity contribution in [1.29, 1.82) is 0 Å². The van der Waals surface area contributed by atoms with E-state index in [1.54, 1.807) is 72.8 Å². The molecule has 0 N–H and O–H groups in total. The van der Waals surface area contributed by atoms with Gasteiger partial charge in [-0.05, 0) is 53.6 Å². The zero-order valence-corrected chi connectivity index (χ0v) is 22.6. The van der Waals surface area contributed by atoms with Gasteiger partial charge in [0.15, 0.2) is 17.3 Å². The maximum Gasteiger partial charge on any atom is 0.186 e. The number of carbonyl (C=O) groups excluding carboxylic acids is 3. The molecule has 5 nitrogen and oxygen atoms in total. The fourth-order valence-corrected chi connectivity index (χ4v) is 7.12. The molecule has 0 aromatic heterocycles. The first-order valence-electron chi connectivity index (χ1n) is 13.2. The fourth-order valence-electron chi connectivity index (χ4n) is 6.94. The largest absolute Gasteiger partial charge is 0.497 e. The lowest BCUT2D eigenvalue weighted by Gasteiger charge is -2.37. The predicted octanol–water partition coefficient (Wildman–Crippen LogP) is 6.80. The number of hydrogen-bond acceptors (Lipinski definition) is 5. The zero-order valence-electron chi connectivity index (χ0n) is 21.9. The predicted molar refractivity (Wildman–Crippen MR) is 155 cm³/mol. The number of anilines is 1. The fraction of sp³-hybridized carbons (Fsp3) is 0.147. The van der Waals surface area contributed by atoms with Gasteiger partial charge in [-0.3, -0.25) is 14.4 Å². The normalized spacial score (nSPS) is 21.5. The minimum Gasteiger partial charge on any atom is -0.497 e. The quantitative estimate of drug-likeness (QED) is 0.202. The summed E-state index contributed by atoms with van der Waals surface area (Å²) in [4.78, 5) is 45.8. The van der Waals surface area contributed by atoms with Crippen LogP contribution in [0, 0.1) is 11.2 Å². The summed E-state index contributed by atoms with van der Waals surface area (Å²) in [6.45, 7) is 0. The third kappa shape index (κ3) is 3.50. The van der Waals surface area contributed by atoms with Crippen molar-refractivity contribution < 1.29 is 23.5 Å². The lowest BCUT2D eigenvalue weighted by molar-refractivity contribution is 0.0666. The first-order valence-corrected chi connectivity index (χ1v) is 13.6. The summed E-state index contributed by atoms with van der Waals surface area (Å²) in [5, 5.41) is 0.520. The van der Waals surface area contributed by atoms with Crippen LogP contribution < -0.4 is 9.64 Å². The van der Waals surface area contributed by atoms with Crippen LogP contribution >= 0.6 is 11.6 Å². The maximum atomic E-state index is 14.7. The van der Waals surface area contributed by atoms with Crippen LogP contribution in [-0.2, 0) is 0 Å². The smallest absolute Gasteiger partial charge is 0.186 e. The van der Waals surface area contributed by atoms with Gasteiger partial charge in [0.25, 0.3) is 0 Å². The summed E-state index contributed by atoms with van der Waals surface area (Å²) in [5.74, 6) is -1.85. The molecule has 4 aromatic rings. The lowest BCUT2D eigenvalue weighted by atomic mass is 9.64. The van der Waals surface area contributed by atoms with Crippen molar-refractivity contribution in [2.75, 3.05) is 12.0 Å². The van der Waals surface area contributed by atoms with Gasteiger partial charge in [0, 0.05) is 33.3 Å². The van der Waals surface area contributed by atoms with Crippen LogP contribution in [0.1, 0.15) is 48.1 Å². The van der Waals surface area contributed by atoms with Gasteiger partial charge in [-0.15, -0.1) is 0 Å². The molecule has 0 amide bonds. The average molecular weight is 564 g/mol. The van der Waals surface area contributed by atoms with Gasteiger partial charge in [0.2, 0.25) is 0 Å². The number of halogens is 2. The van der Waals surface area contributed by atoms with E-state index < -0.39 is 29.2 Å². The van der Waals surface area contributed by atoms with Gasteiger partial charge in [-0.1, -0.05) is 72.3 Å². The molecule has 4 aromatic carbocycles. The van der Waals surface area contributed by atoms with Gasteiger partial charge in [0.05, 0.1) is 13.2 Å². The number of hydrogen-bond donors (Lipinski definition) is 0. The molecule has 3 atom stereocenters. The van der Waals surface area contributed by atoms with Crippen LogP contribution in [-0.4, -0.2) is 36.5 Å². The van der Waals surface area contributed by atoms with Crippen molar-refractivity contribution in [1.82, 2.24) is 0 Å². The molecular weight excluding hydrogens is 541 g/mol. The molecule has 2 heterocycles. The molecule has 0 radical (unpaired) electrons. The molecule has 41 heavy (non-hydrogen) atoms. The summed E-state index contributed by atoms with van der Waals surface area (Å²) in [6, 6.07) is 22.9. The first kappa shape index (κ1) is 25.4. The molecule has 1 spiro atoms. The first-order chi connectivity index (χ1) is 19.9. The number of carbonyl (C=O) groups is 3. The standard InChI is InChI=1S/C34H23ClFNO4/c1-41-24-6-4-5-21(18-24)31(38)30-29(19-9-13-23(36)14-10-19)34(32(39)25-7-2-3-8-26(25)33(34)40)28-16-11-20-17-22(35)12-15-27(20)37(28)30/h2-18,28-30H,1H3/t28?,29-,30+/m0/s1. The zero-order chi connectivity index (χ0) is 28.5. The SMILES string of the molecule is COc1cccc(C(=O)[C@H]2[C@H](c3ccc(F)cc3)C3(C(=O)c4ccccc4C3=O)C3C=Cc4cc(Cl)ccc4N32)c1. The van der Waals surface area contributed by atoms with Gasteiger partial charge in [-0.25, -0.2) is 4.39 Å². The van der Waals surface area contributed by atoms with Crippen molar-refractivity contribution in [3.63, 3.8) is 0 Å². The minimum absolute atomic E-state index is 0.284. The highest BCUT2D eigenvalue weighted by Crippen LogP contribution is 2.61. The molecule has 1 aliphatic carbocycles. The highest BCUT2D eigenvalue weighted by atomic mass is 35.5. The van der Waals surface area contributed by atoms with Crippen molar-refractivity contribution in [2.45, 2.75) is 18.0 Å². The van der Waals surface area contributed by atoms with Crippen molar-refractivity contribution in [3.05, 3.63) is 136 Å². The molecule has 7 rings (SSSR count). The van der Waals surface area contributed by atoms with E-state index in [9.17, 15) is 18.8 Å². The minimum atomic E-state index is -1.66. The highest BCUT2D eigenvalue weighted by molar-refractivity contribution is 6.32. The third-order valence-corrected chi connectivity index (χ3v) is 8.85. The Hall–Kier alpha value is -4.55. The molecule has 1 fully saturated rings. The molecule has 1 saturated heterocycles. The Bertz CT molecular complexity index is 1760. The van der Waals surface area contributed by atoms with Gasteiger partial charge < -0.3 is 9.64 Å². The number of fused-ring (bicyclic) bond motifs is 5. The number of nitrogens with zero attached hydrogens (tertiary/aromatic N) is 1. The molecule has 2 aliphatic heterocycles. The molecule has 0 saturated carbocycles. The summed E-state index contributed by atoms with van der Waals surface area (Å²) < 4.78 is 19.6. The Morgan fingerprint density at radius 3 is 2.29 bits per heavy atom.